The van der Waals surface area contributed by atoms with Gasteiger partial charge < -0.3 is 25.3 Å². The first-order valence-corrected chi connectivity index (χ1v) is 16.0. The molecule has 12 nitrogen and oxygen atoms in total. The zero-order valence-corrected chi connectivity index (χ0v) is 27.0. The highest BCUT2D eigenvalue weighted by molar-refractivity contribution is 6.38. The van der Waals surface area contributed by atoms with Crippen molar-refractivity contribution >= 4 is 35.3 Å². The number of anilines is 1. The van der Waals surface area contributed by atoms with Crippen molar-refractivity contribution in [1.29, 1.82) is 0 Å². The minimum Gasteiger partial charge on any atom is -0.444 e. The summed E-state index contributed by atoms with van der Waals surface area (Å²) in [5, 5.41) is 10.6. The number of ether oxygens (including phenoxy) is 1. The van der Waals surface area contributed by atoms with Gasteiger partial charge in [-0.05, 0) is 75.6 Å². The van der Waals surface area contributed by atoms with Crippen LogP contribution in [0, 0.1) is 17.8 Å². The average molecular weight is 636 g/mol. The van der Waals surface area contributed by atoms with E-state index >= 15 is 0 Å². The van der Waals surface area contributed by atoms with Crippen LogP contribution in [0.1, 0.15) is 70.9 Å². The number of benzene rings is 1. The van der Waals surface area contributed by atoms with E-state index in [1.807, 2.05) is 31.2 Å². The summed E-state index contributed by atoms with van der Waals surface area (Å²) < 4.78 is 6.60. The maximum atomic E-state index is 13.8. The molecule has 1 aromatic carbocycles. The van der Waals surface area contributed by atoms with Crippen LogP contribution >= 0.6 is 0 Å². The summed E-state index contributed by atoms with van der Waals surface area (Å²) in [6, 6.07) is 9.51. The summed E-state index contributed by atoms with van der Waals surface area (Å²) in [5.74, 6) is -3.31. The van der Waals surface area contributed by atoms with E-state index in [4.69, 9.17) is 4.74 Å². The lowest BCUT2D eigenvalue weighted by atomic mass is 9.93. The molecule has 4 amide bonds. The number of nitrogens with one attached hydrogen (secondary N) is 4. The number of aromatic nitrogens is 1. The number of amides is 4. The van der Waals surface area contributed by atoms with Crippen LogP contribution in [0.15, 0.2) is 47.4 Å². The van der Waals surface area contributed by atoms with Crippen LogP contribution in [-0.4, -0.2) is 52.4 Å². The summed E-state index contributed by atoms with van der Waals surface area (Å²) in [4.78, 5) is 78.2. The van der Waals surface area contributed by atoms with Crippen LogP contribution in [0.4, 0.5) is 10.5 Å². The summed E-state index contributed by atoms with van der Waals surface area (Å²) >= 11 is 0. The fraction of sp³-hybridized carbons (Fsp3) is 0.529. The molecule has 0 radical (unpaired) electrons. The van der Waals surface area contributed by atoms with Gasteiger partial charge in [0.2, 0.25) is 17.6 Å². The van der Waals surface area contributed by atoms with Crippen molar-refractivity contribution in [2.45, 2.75) is 91.0 Å². The number of rotatable bonds is 14. The highest BCUT2D eigenvalue weighted by atomic mass is 16.6. The van der Waals surface area contributed by atoms with Crippen LogP contribution in [0.25, 0.3) is 0 Å². The maximum Gasteiger partial charge on any atom is 0.412 e. The molecule has 2 aromatic rings. The van der Waals surface area contributed by atoms with Gasteiger partial charge in [0.1, 0.15) is 11.3 Å². The number of nitrogens with zero attached hydrogens (tertiary/aromatic N) is 1. The number of carbonyl (C=O) groups is 5. The molecule has 4 N–H and O–H groups in total. The van der Waals surface area contributed by atoms with E-state index in [-0.39, 0.29) is 31.1 Å². The minimum absolute atomic E-state index is 0.00337. The second-order valence-corrected chi connectivity index (χ2v) is 13.2. The summed E-state index contributed by atoms with van der Waals surface area (Å²) in [5.41, 5.74) is 0.716. The van der Waals surface area contributed by atoms with E-state index in [2.05, 4.69) is 21.3 Å². The van der Waals surface area contributed by atoms with Gasteiger partial charge in [-0.15, -0.1) is 0 Å². The highest BCUT2D eigenvalue weighted by Crippen LogP contribution is 2.36. The molecule has 1 saturated heterocycles. The van der Waals surface area contributed by atoms with Gasteiger partial charge in [-0.1, -0.05) is 44.0 Å². The van der Waals surface area contributed by atoms with Crippen molar-refractivity contribution in [2.24, 2.45) is 17.8 Å². The normalized spacial score (nSPS) is 17.4. The van der Waals surface area contributed by atoms with Crippen LogP contribution < -0.4 is 26.8 Å². The zero-order valence-electron chi connectivity index (χ0n) is 27.0. The van der Waals surface area contributed by atoms with Crippen molar-refractivity contribution in [3.63, 3.8) is 0 Å². The molecule has 46 heavy (non-hydrogen) atoms. The van der Waals surface area contributed by atoms with E-state index < -0.39 is 52.7 Å². The first-order valence-electron chi connectivity index (χ1n) is 16.0. The molecule has 0 unspecified atom stereocenters. The molecule has 2 aliphatic rings. The predicted octanol–water partition coefficient (Wildman–Crippen LogP) is 3.07. The highest BCUT2D eigenvalue weighted by Gasteiger charge is 2.37. The van der Waals surface area contributed by atoms with E-state index in [9.17, 15) is 28.8 Å². The first-order chi connectivity index (χ1) is 21.8. The smallest absolute Gasteiger partial charge is 0.412 e. The van der Waals surface area contributed by atoms with Gasteiger partial charge in [0, 0.05) is 31.7 Å². The number of carbonyl (C=O) groups excluding carboxylic acids is 5. The Morgan fingerprint density at radius 2 is 1.70 bits per heavy atom. The number of hydrogen-bond donors (Lipinski definition) is 4. The fourth-order valence-electron chi connectivity index (χ4n) is 5.44. The molecule has 0 spiro atoms. The molecule has 248 valence electrons. The standard InChI is InChI=1S/C34H45N5O7/c1-5-21-8-12-23(13-9-21)19-36-31(43)28(40)27(18-24-14-15-35-29(24)41)37-30(42)25(17-22-10-11-22)20-39-16-6-7-26(32(39)44)38-33(45)46-34(2,3)4/h6-9,12-13,16,22,24-25,27H,5,10-11,14-15,17-20H2,1-4H3,(H,35,41)(H,36,43)(H,37,42)(H,38,45)/t24-,25+,27-/m0/s1. The van der Waals surface area contributed by atoms with Crippen molar-refractivity contribution in [2.75, 3.05) is 11.9 Å². The van der Waals surface area contributed by atoms with E-state index in [1.54, 1.807) is 26.8 Å². The van der Waals surface area contributed by atoms with Gasteiger partial charge in [0.05, 0.1) is 12.0 Å². The minimum atomic E-state index is -1.22. The molecule has 1 aromatic heterocycles. The number of pyridine rings is 1. The lowest BCUT2D eigenvalue weighted by Crippen LogP contribution is -2.50. The zero-order chi connectivity index (χ0) is 33.4. The largest absolute Gasteiger partial charge is 0.444 e. The quantitative estimate of drug-likeness (QED) is 0.232. The summed E-state index contributed by atoms with van der Waals surface area (Å²) in [6.07, 6.45) is 4.49. The lowest BCUT2D eigenvalue weighted by Gasteiger charge is -2.24. The Kier molecular flexibility index (Phi) is 11.4. The summed E-state index contributed by atoms with van der Waals surface area (Å²) in [6.45, 7) is 7.77. The topological polar surface area (TPSA) is 165 Å². The van der Waals surface area contributed by atoms with Crippen LogP contribution in [0.5, 0.6) is 0 Å². The Morgan fingerprint density at radius 1 is 1.00 bits per heavy atom. The Labute approximate surface area is 269 Å². The van der Waals surface area contributed by atoms with E-state index in [0.29, 0.717) is 25.3 Å². The van der Waals surface area contributed by atoms with Gasteiger partial charge in [0.25, 0.3) is 11.5 Å². The molecule has 1 aliphatic heterocycles. The number of aryl methyl sites for hydroxylation is 1. The molecule has 4 rings (SSSR count). The molecule has 3 atom stereocenters. The second-order valence-electron chi connectivity index (χ2n) is 13.2. The predicted molar refractivity (Wildman–Crippen MR) is 172 cm³/mol. The second kappa shape index (κ2) is 15.2. The van der Waals surface area contributed by atoms with Crippen molar-refractivity contribution in [3.05, 3.63) is 64.1 Å². The molecule has 2 heterocycles. The van der Waals surface area contributed by atoms with Crippen molar-refractivity contribution < 1.29 is 28.7 Å². The SMILES string of the molecule is CCc1ccc(CNC(=O)C(=O)[C@H](C[C@@H]2CCNC2=O)NC(=O)[C@H](CC2CC2)Cn2cccc(NC(=O)OC(C)(C)C)c2=O)cc1. The van der Waals surface area contributed by atoms with Crippen molar-refractivity contribution in [1.82, 2.24) is 20.5 Å². The fourth-order valence-corrected chi connectivity index (χ4v) is 5.44. The maximum absolute atomic E-state index is 13.8. The van der Waals surface area contributed by atoms with Gasteiger partial charge in [-0.3, -0.25) is 29.3 Å². The van der Waals surface area contributed by atoms with Crippen molar-refractivity contribution in [3.8, 4) is 0 Å². The number of Topliss-reactive ketones (excluding diaryl/α,β-unsaturated/α-hetero) is 1. The molecule has 2 fully saturated rings. The third-order valence-electron chi connectivity index (χ3n) is 8.18. The number of hydrogen-bond acceptors (Lipinski definition) is 7. The third kappa shape index (κ3) is 10.0. The lowest BCUT2D eigenvalue weighted by molar-refractivity contribution is -0.141. The third-order valence-corrected chi connectivity index (χ3v) is 8.18. The Morgan fingerprint density at radius 3 is 2.30 bits per heavy atom. The van der Waals surface area contributed by atoms with Gasteiger partial charge in [0.15, 0.2) is 0 Å². The average Bonchev–Trinajstić information content (AvgIpc) is 3.74. The molecule has 0 bridgehead atoms. The Bertz CT molecular complexity index is 1490. The molecular formula is C34H45N5O7. The molecular weight excluding hydrogens is 590 g/mol. The monoisotopic (exact) mass is 635 g/mol. The van der Waals surface area contributed by atoms with E-state index in [1.165, 1.54) is 16.8 Å². The Balaban J connectivity index is 1.48. The van der Waals surface area contributed by atoms with Gasteiger partial charge in [-0.2, -0.15) is 0 Å². The van der Waals surface area contributed by atoms with Gasteiger partial charge >= 0.3 is 6.09 Å². The van der Waals surface area contributed by atoms with Gasteiger partial charge in [-0.25, -0.2) is 4.79 Å². The summed E-state index contributed by atoms with van der Waals surface area (Å²) in [7, 11) is 0. The van der Waals surface area contributed by atoms with Crippen LogP contribution in [0.3, 0.4) is 0 Å². The molecule has 12 heteroatoms. The van der Waals surface area contributed by atoms with E-state index in [0.717, 1.165) is 30.4 Å². The molecule has 1 aliphatic carbocycles. The van der Waals surface area contributed by atoms with Crippen LogP contribution in [0.2, 0.25) is 0 Å². The van der Waals surface area contributed by atoms with Crippen LogP contribution in [-0.2, 0) is 43.4 Å². The Hall–Kier alpha value is -4.48. The number of ketones is 1. The molecule has 1 saturated carbocycles. The first kappa shape index (κ1) is 34.4.